The number of fused-ring (bicyclic) bond motifs is 2. The van der Waals surface area contributed by atoms with Crippen molar-refractivity contribution < 1.29 is 28.9 Å². The quantitative estimate of drug-likeness (QED) is 0.443. The molecule has 1 heterocycles. The van der Waals surface area contributed by atoms with Gasteiger partial charge in [0.05, 0.1) is 6.42 Å². The number of rotatable bonds is 8. The lowest BCUT2D eigenvalue weighted by Crippen LogP contribution is -2.37. The van der Waals surface area contributed by atoms with E-state index in [0.29, 0.717) is 30.5 Å². The van der Waals surface area contributed by atoms with Gasteiger partial charge in [-0.05, 0) is 65.4 Å². The van der Waals surface area contributed by atoms with Crippen LogP contribution in [-0.4, -0.2) is 42.8 Å². The molecule has 0 saturated carbocycles. The maximum absolute atomic E-state index is 12.3. The van der Waals surface area contributed by atoms with E-state index in [4.69, 9.17) is 14.2 Å². The Balaban J connectivity index is 1.35. The highest BCUT2D eigenvalue weighted by Crippen LogP contribution is 2.37. The van der Waals surface area contributed by atoms with Crippen molar-refractivity contribution in [3.05, 3.63) is 77.9 Å². The number of carbonyl (C=O) groups excluding carboxylic acids is 1. The summed E-state index contributed by atoms with van der Waals surface area (Å²) in [5.41, 5.74) is 1.72. The maximum atomic E-state index is 12.3. The fourth-order valence-corrected chi connectivity index (χ4v) is 4.76. The molecule has 2 atom stereocenters. The van der Waals surface area contributed by atoms with E-state index in [1.54, 1.807) is 0 Å². The second-order valence-electron chi connectivity index (χ2n) is 9.14. The predicted molar refractivity (Wildman–Crippen MR) is 136 cm³/mol. The van der Waals surface area contributed by atoms with Gasteiger partial charge in [-0.2, -0.15) is 0 Å². The van der Waals surface area contributed by atoms with Crippen LogP contribution in [0.2, 0.25) is 0 Å². The molecule has 0 spiro atoms. The van der Waals surface area contributed by atoms with E-state index in [2.05, 4.69) is 11.4 Å². The normalized spacial score (nSPS) is 17.4. The van der Waals surface area contributed by atoms with Crippen LogP contribution >= 0.6 is 0 Å². The van der Waals surface area contributed by atoms with E-state index in [1.165, 1.54) is 0 Å². The summed E-state index contributed by atoms with van der Waals surface area (Å²) in [6.45, 7) is 0.905. The Hall–Kier alpha value is -4.00. The summed E-state index contributed by atoms with van der Waals surface area (Å²) >= 11 is 0. The van der Waals surface area contributed by atoms with Crippen molar-refractivity contribution in [2.24, 2.45) is 0 Å². The highest BCUT2D eigenvalue weighted by molar-refractivity contribution is 5.85. The summed E-state index contributed by atoms with van der Waals surface area (Å²) in [5, 5.41) is 14.5. The molecule has 7 nitrogen and oxygen atoms in total. The molecule has 2 N–H and O–H groups in total. The Morgan fingerprint density at radius 3 is 2.56 bits per heavy atom. The Bertz CT molecular complexity index is 1300. The first-order valence-corrected chi connectivity index (χ1v) is 12.3. The number of ether oxygens (including phenoxy) is 3. The lowest BCUT2D eigenvalue weighted by atomic mass is 9.87. The molecular formula is C29H29NO6. The first-order valence-electron chi connectivity index (χ1n) is 12.3. The van der Waals surface area contributed by atoms with Crippen LogP contribution in [0, 0.1) is 0 Å². The van der Waals surface area contributed by atoms with Gasteiger partial charge in [0.1, 0.15) is 19.0 Å². The standard InChI is InChI=1S/C29H29NO6/c31-28(30-23-4-2-1-3-5-23)18-36-24-10-8-19-6-7-20(14-22(19)15-24)25(17-29(32)33)21-9-11-26-27(16-21)35-13-12-34-26/h2,4,6-11,14-16,23,25H,1,3,5,12-13,17-18H2,(H,30,31)(H,32,33). The number of amides is 1. The smallest absolute Gasteiger partial charge is 0.304 e. The molecular weight excluding hydrogens is 458 g/mol. The SMILES string of the molecule is O=C(O)CC(c1ccc2c(c1)OCCO2)c1ccc2ccc(OCC(=O)NC3C=CCCC3)cc2c1. The van der Waals surface area contributed by atoms with E-state index in [0.717, 1.165) is 41.2 Å². The topological polar surface area (TPSA) is 94.1 Å². The van der Waals surface area contributed by atoms with E-state index in [-0.39, 0.29) is 30.9 Å². The lowest BCUT2D eigenvalue weighted by molar-refractivity contribution is -0.137. The monoisotopic (exact) mass is 487 g/mol. The van der Waals surface area contributed by atoms with Crippen molar-refractivity contribution in [1.29, 1.82) is 0 Å². The van der Waals surface area contributed by atoms with Gasteiger partial charge in [0.25, 0.3) is 5.91 Å². The third-order valence-electron chi connectivity index (χ3n) is 6.56. The van der Waals surface area contributed by atoms with Crippen LogP contribution in [0.4, 0.5) is 0 Å². The molecule has 3 aromatic carbocycles. The van der Waals surface area contributed by atoms with E-state index >= 15 is 0 Å². The van der Waals surface area contributed by atoms with Crippen LogP contribution in [0.15, 0.2) is 66.7 Å². The highest BCUT2D eigenvalue weighted by atomic mass is 16.6. The highest BCUT2D eigenvalue weighted by Gasteiger charge is 2.22. The van der Waals surface area contributed by atoms with Gasteiger partial charge in [-0.15, -0.1) is 0 Å². The van der Waals surface area contributed by atoms with Crippen molar-refractivity contribution in [2.45, 2.75) is 37.6 Å². The molecule has 0 saturated heterocycles. The molecule has 1 amide bonds. The summed E-state index contributed by atoms with van der Waals surface area (Å²) in [6, 6.07) is 17.2. The molecule has 0 fully saturated rings. The number of allylic oxidation sites excluding steroid dienone is 1. The number of benzene rings is 3. The molecule has 1 aliphatic carbocycles. The van der Waals surface area contributed by atoms with Crippen LogP contribution in [0.3, 0.4) is 0 Å². The molecule has 0 bridgehead atoms. The van der Waals surface area contributed by atoms with Gasteiger partial charge in [-0.3, -0.25) is 9.59 Å². The third kappa shape index (κ3) is 5.62. The minimum absolute atomic E-state index is 0.0584. The van der Waals surface area contributed by atoms with Crippen molar-refractivity contribution >= 4 is 22.6 Å². The average molecular weight is 488 g/mol. The molecule has 2 aliphatic rings. The summed E-state index contributed by atoms with van der Waals surface area (Å²) in [4.78, 5) is 24.0. The minimum Gasteiger partial charge on any atom is -0.486 e. The van der Waals surface area contributed by atoms with Crippen LogP contribution in [0.25, 0.3) is 10.8 Å². The number of hydrogen-bond donors (Lipinski definition) is 2. The van der Waals surface area contributed by atoms with Crippen molar-refractivity contribution in [3.8, 4) is 17.2 Å². The van der Waals surface area contributed by atoms with Gasteiger partial charge >= 0.3 is 5.97 Å². The second-order valence-corrected chi connectivity index (χ2v) is 9.14. The Labute approximate surface area is 209 Å². The molecule has 0 aromatic heterocycles. The van der Waals surface area contributed by atoms with Gasteiger partial charge in [0, 0.05) is 12.0 Å². The zero-order chi connectivity index (χ0) is 24.9. The van der Waals surface area contributed by atoms with Crippen molar-refractivity contribution in [1.82, 2.24) is 5.32 Å². The molecule has 36 heavy (non-hydrogen) atoms. The molecule has 7 heteroatoms. The number of hydrogen-bond acceptors (Lipinski definition) is 5. The van der Waals surface area contributed by atoms with Gasteiger partial charge < -0.3 is 24.6 Å². The largest absolute Gasteiger partial charge is 0.486 e. The summed E-state index contributed by atoms with van der Waals surface area (Å²) in [5.74, 6) is 0.492. The fourth-order valence-electron chi connectivity index (χ4n) is 4.76. The molecule has 3 aromatic rings. The van der Waals surface area contributed by atoms with Crippen LogP contribution in [-0.2, 0) is 9.59 Å². The number of carboxylic acid groups (broad SMARTS) is 1. The lowest BCUT2D eigenvalue weighted by Gasteiger charge is -2.22. The first-order chi connectivity index (χ1) is 17.5. The zero-order valence-electron chi connectivity index (χ0n) is 19.9. The summed E-state index contributed by atoms with van der Waals surface area (Å²) in [7, 11) is 0. The number of aliphatic carboxylic acids is 1. The Morgan fingerprint density at radius 1 is 0.972 bits per heavy atom. The van der Waals surface area contributed by atoms with Crippen LogP contribution in [0.1, 0.15) is 42.7 Å². The average Bonchev–Trinajstić information content (AvgIpc) is 2.90. The number of carbonyl (C=O) groups is 2. The van der Waals surface area contributed by atoms with E-state index < -0.39 is 5.97 Å². The zero-order valence-corrected chi connectivity index (χ0v) is 19.9. The minimum atomic E-state index is -0.883. The Morgan fingerprint density at radius 2 is 1.75 bits per heavy atom. The third-order valence-corrected chi connectivity index (χ3v) is 6.56. The van der Waals surface area contributed by atoms with Crippen molar-refractivity contribution in [2.75, 3.05) is 19.8 Å². The number of carboxylic acids is 1. The van der Waals surface area contributed by atoms with E-state index in [1.807, 2.05) is 60.7 Å². The second kappa shape index (κ2) is 10.7. The van der Waals surface area contributed by atoms with Crippen LogP contribution in [0.5, 0.6) is 17.2 Å². The van der Waals surface area contributed by atoms with E-state index in [9.17, 15) is 14.7 Å². The fraction of sp³-hybridized carbons (Fsp3) is 0.310. The van der Waals surface area contributed by atoms with Gasteiger partial charge in [0.15, 0.2) is 18.1 Å². The van der Waals surface area contributed by atoms with Gasteiger partial charge in [-0.1, -0.05) is 42.5 Å². The molecule has 1 aliphatic heterocycles. The molecule has 186 valence electrons. The number of nitrogens with one attached hydrogen (secondary N) is 1. The van der Waals surface area contributed by atoms with Gasteiger partial charge in [0.2, 0.25) is 0 Å². The molecule has 5 rings (SSSR count). The summed E-state index contributed by atoms with van der Waals surface area (Å²) < 4.78 is 17.1. The predicted octanol–water partition coefficient (Wildman–Crippen LogP) is 4.82. The van der Waals surface area contributed by atoms with Crippen molar-refractivity contribution in [3.63, 3.8) is 0 Å². The maximum Gasteiger partial charge on any atom is 0.304 e. The molecule has 0 radical (unpaired) electrons. The first kappa shape index (κ1) is 23.7. The van der Waals surface area contributed by atoms with Crippen LogP contribution < -0.4 is 19.5 Å². The molecule has 2 unspecified atom stereocenters. The Kier molecular flexibility index (Phi) is 7.07. The van der Waals surface area contributed by atoms with Gasteiger partial charge in [-0.25, -0.2) is 0 Å². The summed E-state index contributed by atoms with van der Waals surface area (Å²) in [6.07, 6.45) is 7.15.